The molecule has 0 spiro atoms. The second-order valence-electron chi connectivity index (χ2n) is 6.61. The number of hydrogen-bond acceptors (Lipinski definition) is 6. The topological polar surface area (TPSA) is 110 Å². The number of aliphatic carboxylic acids is 1. The Hall–Kier alpha value is -2.19. The lowest BCUT2D eigenvalue weighted by Gasteiger charge is -2.26. The van der Waals surface area contributed by atoms with Crippen molar-refractivity contribution in [1.29, 1.82) is 0 Å². The lowest BCUT2D eigenvalue weighted by molar-refractivity contribution is -0.148. The molecule has 1 aromatic heterocycles. The van der Waals surface area contributed by atoms with Gasteiger partial charge in [0.15, 0.2) is 5.82 Å². The van der Waals surface area contributed by atoms with Crippen LogP contribution in [0.3, 0.4) is 0 Å². The van der Waals surface area contributed by atoms with E-state index in [0.717, 1.165) is 0 Å². The fourth-order valence-corrected chi connectivity index (χ4v) is 2.45. The standard InChI is InChI=1S/C13H21N5O4/c1-12(2,3)22-11(21)18-6-5-13(8-18,10(19)20)7-9-14-16-17(4)15-9/h5-8H2,1-4H3,(H,19,20). The second-order valence-corrected chi connectivity index (χ2v) is 6.61. The van der Waals surface area contributed by atoms with Gasteiger partial charge in [-0.05, 0) is 32.4 Å². The SMILES string of the molecule is Cn1nnc(CC2(C(=O)O)CCN(C(=O)OC(C)(C)C)C2)n1. The van der Waals surface area contributed by atoms with Crippen LogP contribution in [-0.2, 0) is 23.0 Å². The van der Waals surface area contributed by atoms with Gasteiger partial charge >= 0.3 is 12.1 Å². The quantitative estimate of drug-likeness (QED) is 0.863. The highest BCUT2D eigenvalue weighted by molar-refractivity contribution is 5.78. The molecule has 22 heavy (non-hydrogen) atoms. The van der Waals surface area contributed by atoms with Crippen LogP contribution in [0.5, 0.6) is 0 Å². The molecule has 1 atom stereocenters. The van der Waals surface area contributed by atoms with Crippen LogP contribution >= 0.6 is 0 Å². The van der Waals surface area contributed by atoms with E-state index >= 15 is 0 Å². The lowest BCUT2D eigenvalue weighted by atomic mass is 9.83. The summed E-state index contributed by atoms with van der Waals surface area (Å²) in [5, 5.41) is 21.2. The molecule has 1 saturated heterocycles. The van der Waals surface area contributed by atoms with Gasteiger partial charge in [-0.3, -0.25) is 4.79 Å². The maximum absolute atomic E-state index is 12.1. The van der Waals surface area contributed by atoms with Gasteiger partial charge in [-0.25, -0.2) is 4.79 Å². The van der Waals surface area contributed by atoms with Gasteiger partial charge in [0.05, 0.1) is 12.5 Å². The maximum atomic E-state index is 12.1. The molecule has 122 valence electrons. The van der Waals surface area contributed by atoms with Gasteiger partial charge in [0, 0.05) is 19.5 Å². The van der Waals surface area contributed by atoms with Crippen LogP contribution in [0.25, 0.3) is 0 Å². The van der Waals surface area contributed by atoms with Gasteiger partial charge in [0.2, 0.25) is 0 Å². The highest BCUT2D eigenvalue weighted by atomic mass is 16.6. The highest BCUT2D eigenvalue weighted by Gasteiger charge is 2.48. The predicted molar refractivity (Wildman–Crippen MR) is 75.0 cm³/mol. The van der Waals surface area contributed by atoms with Gasteiger partial charge in [0.1, 0.15) is 5.60 Å². The normalized spacial score (nSPS) is 21.9. The molecule has 1 unspecified atom stereocenters. The Morgan fingerprint density at radius 2 is 2.09 bits per heavy atom. The Balaban J connectivity index is 2.11. The molecule has 1 aliphatic heterocycles. The van der Waals surface area contributed by atoms with Gasteiger partial charge in [0.25, 0.3) is 0 Å². The van der Waals surface area contributed by atoms with Crippen LogP contribution in [0.1, 0.15) is 33.0 Å². The maximum Gasteiger partial charge on any atom is 0.410 e. The van der Waals surface area contributed by atoms with E-state index in [1.165, 1.54) is 9.70 Å². The first-order valence-electron chi connectivity index (χ1n) is 7.05. The molecule has 1 fully saturated rings. The molecule has 1 aromatic rings. The molecule has 9 heteroatoms. The zero-order valence-corrected chi connectivity index (χ0v) is 13.2. The van der Waals surface area contributed by atoms with Crippen LogP contribution in [0.15, 0.2) is 0 Å². The summed E-state index contributed by atoms with van der Waals surface area (Å²) in [6.07, 6.45) is -0.0299. The van der Waals surface area contributed by atoms with Crippen molar-refractivity contribution in [2.24, 2.45) is 12.5 Å². The van der Waals surface area contributed by atoms with Crippen molar-refractivity contribution in [2.45, 2.75) is 39.2 Å². The third kappa shape index (κ3) is 3.52. The molecule has 2 rings (SSSR count). The summed E-state index contributed by atoms with van der Waals surface area (Å²) in [5.41, 5.74) is -1.71. The number of amides is 1. The average Bonchev–Trinajstić information content (AvgIpc) is 2.95. The predicted octanol–water partition coefficient (Wildman–Crippen LogP) is 0.464. The van der Waals surface area contributed by atoms with E-state index in [2.05, 4.69) is 15.4 Å². The Labute approximate surface area is 128 Å². The number of rotatable bonds is 3. The summed E-state index contributed by atoms with van der Waals surface area (Å²) in [6.45, 7) is 5.73. The largest absolute Gasteiger partial charge is 0.481 e. The summed E-state index contributed by atoms with van der Waals surface area (Å²) in [6, 6.07) is 0. The van der Waals surface area contributed by atoms with E-state index in [4.69, 9.17) is 4.74 Å². The Morgan fingerprint density at radius 3 is 2.59 bits per heavy atom. The van der Waals surface area contributed by atoms with Crippen LogP contribution < -0.4 is 0 Å². The third-order valence-electron chi connectivity index (χ3n) is 3.51. The summed E-state index contributed by atoms with van der Waals surface area (Å²) >= 11 is 0. The first kappa shape index (κ1) is 16.2. The van der Waals surface area contributed by atoms with Crippen molar-refractivity contribution >= 4 is 12.1 Å². The summed E-state index contributed by atoms with van der Waals surface area (Å²) < 4.78 is 5.30. The monoisotopic (exact) mass is 311 g/mol. The van der Waals surface area contributed by atoms with E-state index in [0.29, 0.717) is 18.8 Å². The Bertz CT molecular complexity index is 579. The minimum Gasteiger partial charge on any atom is -0.481 e. The Kier molecular flexibility index (Phi) is 4.08. The van der Waals surface area contributed by atoms with Crippen molar-refractivity contribution in [1.82, 2.24) is 25.1 Å². The van der Waals surface area contributed by atoms with Gasteiger partial charge in [-0.15, -0.1) is 10.2 Å². The second kappa shape index (κ2) is 5.54. The molecule has 0 aliphatic carbocycles. The lowest BCUT2D eigenvalue weighted by Crippen LogP contribution is -2.40. The number of aryl methyl sites for hydroxylation is 1. The van der Waals surface area contributed by atoms with Crippen molar-refractivity contribution in [2.75, 3.05) is 13.1 Å². The Morgan fingerprint density at radius 1 is 1.41 bits per heavy atom. The van der Waals surface area contributed by atoms with Crippen LogP contribution in [0.4, 0.5) is 4.79 Å². The highest BCUT2D eigenvalue weighted by Crippen LogP contribution is 2.34. The average molecular weight is 311 g/mol. The van der Waals surface area contributed by atoms with E-state index in [1.807, 2.05) is 0 Å². The van der Waals surface area contributed by atoms with Crippen LogP contribution in [0, 0.1) is 5.41 Å². The zero-order valence-electron chi connectivity index (χ0n) is 13.2. The van der Waals surface area contributed by atoms with Crippen molar-refractivity contribution in [3.8, 4) is 0 Å². The molecule has 0 bridgehead atoms. The van der Waals surface area contributed by atoms with Gasteiger partial charge in [-0.2, -0.15) is 4.80 Å². The molecule has 1 aliphatic rings. The molecular weight excluding hydrogens is 290 g/mol. The molecule has 0 saturated carbocycles. The number of likely N-dealkylation sites (tertiary alicyclic amines) is 1. The van der Waals surface area contributed by atoms with E-state index in [1.54, 1.807) is 27.8 Å². The first-order chi connectivity index (χ1) is 10.1. The number of aromatic nitrogens is 4. The molecule has 0 aromatic carbocycles. The van der Waals surface area contributed by atoms with E-state index < -0.39 is 23.1 Å². The molecule has 9 nitrogen and oxygen atoms in total. The minimum atomic E-state index is -1.10. The van der Waals surface area contributed by atoms with E-state index in [-0.39, 0.29) is 13.0 Å². The number of carboxylic acids is 1. The van der Waals surface area contributed by atoms with Gasteiger partial charge < -0.3 is 14.7 Å². The first-order valence-corrected chi connectivity index (χ1v) is 7.05. The number of tetrazole rings is 1. The summed E-state index contributed by atoms with van der Waals surface area (Å²) in [5.74, 6) is -0.609. The number of carboxylic acid groups (broad SMARTS) is 1. The molecule has 0 radical (unpaired) electrons. The van der Waals surface area contributed by atoms with Gasteiger partial charge in [-0.1, -0.05) is 0 Å². The van der Waals surface area contributed by atoms with E-state index in [9.17, 15) is 14.7 Å². The fourth-order valence-electron chi connectivity index (χ4n) is 2.45. The van der Waals surface area contributed by atoms with Crippen LogP contribution in [-0.4, -0.2) is 61.0 Å². The van der Waals surface area contributed by atoms with Crippen molar-refractivity contribution in [3.05, 3.63) is 5.82 Å². The zero-order chi connectivity index (χ0) is 16.5. The number of hydrogen-bond donors (Lipinski definition) is 1. The van der Waals surface area contributed by atoms with Crippen molar-refractivity contribution in [3.63, 3.8) is 0 Å². The molecule has 2 heterocycles. The third-order valence-corrected chi connectivity index (χ3v) is 3.51. The molecule has 1 amide bonds. The number of carbonyl (C=O) groups is 2. The molecular formula is C13H21N5O4. The number of nitrogens with zero attached hydrogens (tertiary/aromatic N) is 5. The summed E-state index contributed by atoms with van der Waals surface area (Å²) in [4.78, 5) is 26.5. The fraction of sp³-hybridized carbons (Fsp3) is 0.769. The van der Waals surface area contributed by atoms with Crippen molar-refractivity contribution < 1.29 is 19.4 Å². The number of carbonyl (C=O) groups excluding carboxylic acids is 1. The summed E-state index contributed by atoms with van der Waals surface area (Å²) in [7, 11) is 1.62. The van der Waals surface area contributed by atoms with Crippen LogP contribution in [0.2, 0.25) is 0 Å². The number of ether oxygens (including phenoxy) is 1. The smallest absolute Gasteiger partial charge is 0.410 e. The minimum absolute atomic E-state index is 0.0789. The molecule has 1 N–H and O–H groups in total.